The highest BCUT2D eigenvalue weighted by atomic mass is 32.2. The third-order valence-electron chi connectivity index (χ3n) is 4.99. The second-order valence-electron chi connectivity index (χ2n) is 6.82. The molecule has 0 aliphatic carbocycles. The summed E-state index contributed by atoms with van der Waals surface area (Å²) in [5.74, 6) is 0.167. The van der Waals surface area contributed by atoms with Gasteiger partial charge in [0.1, 0.15) is 10.6 Å². The Morgan fingerprint density at radius 3 is 2.62 bits per heavy atom. The van der Waals surface area contributed by atoms with Crippen molar-refractivity contribution in [1.29, 1.82) is 0 Å². The van der Waals surface area contributed by atoms with Crippen molar-refractivity contribution in [2.75, 3.05) is 32.1 Å². The van der Waals surface area contributed by atoms with Gasteiger partial charge >= 0.3 is 0 Å². The van der Waals surface area contributed by atoms with Crippen LogP contribution >= 0.6 is 0 Å². The number of hydrogen-bond acceptors (Lipinski definition) is 5. The van der Waals surface area contributed by atoms with E-state index in [1.54, 1.807) is 12.1 Å². The number of methoxy groups -OCH3 is 1. The number of rotatable bonds is 5. The Balaban J connectivity index is 1.83. The monoisotopic (exact) mass is 381 g/mol. The molecular weight excluding hydrogens is 354 g/mol. The molecule has 1 unspecified atom stereocenters. The normalized spacial score (nSPS) is 22.0. The van der Waals surface area contributed by atoms with Crippen LogP contribution in [0.2, 0.25) is 0 Å². The second-order valence-corrected chi connectivity index (χ2v) is 8.73. The molecule has 1 aromatic carbocycles. The predicted molar refractivity (Wildman–Crippen MR) is 99.9 cm³/mol. The number of ether oxygens (including phenoxy) is 1. The van der Waals surface area contributed by atoms with Crippen LogP contribution in [0, 0.1) is 0 Å². The number of carbonyl (C=O) groups excluding carboxylic acids is 1. The number of piperidine rings is 2. The van der Waals surface area contributed by atoms with Crippen LogP contribution in [-0.4, -0.2) is 51.4 Å². The highest BCUT2D eigenvalue weighted by Crippen LogP contribution is 2.31. The lowest BCUT2D eigenvalue weighted by Crippen LogP contribution is -2.43. The molecule has 1 amide bonds. The molecule has 8 heteroatoms. The summed E-state index contributed by atoms with van der Waals surface area (Å²) >= 11 is 0. The van der Waals surface area contributed by atoms with Crippen LogP contribution in [0.15, 0.2) is 23.1 Å². The first-order valence-corrected chi connectivity index (χ1v) is 10.7. The van der Waals surface area contributed by atoms with Gasteiger partial charge < -0.3 is 15.4 Å². The first-order chi connectivity index (χ1) is 12.5. The zero-order chi connectivity index (χ0) is 18.6. The SMILES string of the molecule is COc1ccc(NC(=O)C2CCCCN2)cc1S(=O)(=O)N1CCCCC1. The first kappa shape index (κ1) is 19.1. The van der Waals surface area contributed by atoms with Crippen LogP contribution in [0.4, 0.5) is 5.69 Å². The van der Waals surface area contributed by atoms with Gasteiger partial charge in [-0.25, -0.2) is 8.42 Å². The van der Waals surface area contributed by atoms with Crippen molar-refractivity contribution in [2.24, 2.45) is 0 Å². The molecule has 2 aliphatic rings. The summed E-state index contributed by atoms with van der Waals surface area (Å²) in [6, 6.07) is 4.55. The summed E-state index contributed by atoms with van der Waals surface area (Å²) < 4.78 is 32.8. The molecule has 0 bridgehead atoms. The van der Waals surface area contributed by atoms with Gasteiger partial charge in [-0.3, -0.25) is 4.79 Å². The smallest absolute Gasteiger partial charge is 0.246 e. The maximum Gasteiger partial charge on any atom is 0.246 e. The Labute approximate surface area is 155 Å². The van der Waals surface area contributed by atoms with E-state index in [-0.39, 0.29) is 16.8 Å². The van der Waals surface area contributed by atoms with E-state index in [0.29, 0.717) is 24.5 Å². The molecule has 3 rings (SSSR count). The lowest BCUT2D eigenvalue weighted by atomic mass is 10.0. The van der Waals surface area contributed by atoms with E-state index in [0.717, 1.165) is 45.1 Å². The summed E-state index contributed by atoms with van der Waals surface area (Å²) in [6.45, 7) is 1.87. The Bertz CT molecular complexity index is 739. The fourth-order valence-corrected chi connectivity index (χ4v) is 5.20. The summed E-state index contributed by atoms with van der Waals surface area (Å²) in [5.41, 5.74) is 0.471. The Morgan fingerprint density at radius 1 is 1.19 bits per heavy atom. The number of nitrogens with zero attached hydrogens (tertiary/aromatic N) is 1. The van der Waals surface area contributed by atoms with E-state index in [2.05, 4.69) is 10.6 Å². The number of anilines is 1. The highest BCUT2D eigenvalue weighted by molar-refractivity contribution is 7.89. The lowest BCUT2D eigenvalue weighted by Gasteiger charge is -2.27. The van der Waals surface area contributed by atoms with Gasteiger partial charge in [0.25, 0.3) is 0 Å². The number of carbonyl (C=O) groups is 1. The average molecular weight is 381 g/mol. The van der Waals surface area contributed by atoms with E-state index in [9.17, 15) is 13.2 Å². The van der Waals surface area contributed by atoms with Crippen molar-refractivity contribution >= 4 is 21.6 Å². The van der Waals surface area contributed by atoms with E-state index in [1.165, 1.54) is 17.5 Å². The Morgan fingerprint density at radius 2 is 1.96 bits per heavy atom. The van der Waals surface area contributed by atoms with Gasteiger partial charge in [-0.2, -0.15) is 4.31 Å². The zero-order valence-corrected chi connectivity index (χ0v) is 16.0. The minimum absolute atomic E-state index is 0.108. The van der Waals surface area contributed by atoms with Crippen molar-refractivity contribution in [3.63, 3.8) is 0 Å². The fourth-order valence-electron chi connectivity index (χ4n) is 3.51. The largest absolute Gasteiger partial charge is 0.495 e. The van der Waals surface area contributed by atoms with E-state index in [4.69, 9.17) is 4.74 Å². The summed E-state index contributed by atoms with van der Waals surface area (Å²) in [7, 11) is -2.19. The molecular formula is C18H27N3O4S. The predicted octanol–water partition coefficient (Wildman–Crippen LogP) is 1.95. The third kappa shape index (κ3) is 4.19. The zero-order valence-electron chi connectivity index (χ0n) is 15.2. The number of nitrogens with one attached hydrogen (secondary N) is 2. The maximum absolute atomic E-state index is 13.0. The van der Waals surface area contributed by atoms with Crippen molar-refractivity contribution in [3.05, 3.63) is 18.2 Å². The first-order valence-electron chi connectivity index (χ1n) is 9.25. The van der Waals surface area contributed by atoms with Gasteiger partial charge in [0.05, 0.1) is 13.2 Å². The average Bonchev–Trinajstić information content (AvgIpc) is 2.69. The molecule has 7 nitrogen and oxygen atoms in total. The molecule has 2 N–H and O–H groups in total. The standard InChI is InChI=1S/C18H27N3O4S/c1-25-16-9-8-14(20-18(22)15-7-3-4-10-19-15)13-17(16)26(23,24)21-11-5-2-6-12-21/h8-9,13,15,19H,2-7,10-12H2,1H3,(H,20,22). The maximum atomic E-state index is 13.0. The van der Waals surface area contributed by atoms with Crippen LogP contribution in [0.5, 0.6) is 5.75 Å². The number of hydrogen-bond donors (Lipinski definition) is 2. The second kappa shape index (κ2) is 8.37. The molecule has 2 heterocycles. The van der Waals surface area contributed by atoms with E-state index in [1.807, 2.05) is 0 Å². The summed E-state index contributed by atoms with van der Waals surface area (Å²) in [4.78, 5) is 12.5. The van der Waals surface area contributed by atoms with Gasteiger partial charge in [0.15, 0.2) is 0 Å². The molecule has 0 radical (unpaired) electrons. The van der Waals surface area contributed by atoms with Crippen LogP contribution in [0.1, 0.15) is 38.5 Å². The Hall–Kier alpha value is -1.64. The van der Waals surface area contributed by atoms with Crippen molar-refractivity contribution in [3.8, 4) is 5.75 Å². The molecule has 26 heavy (non-hydrogen) atoms. The number of sulfonamides is 1. The quantitative estimate of drug-likeness (QED) is 0.814. The van der Waals surface area contributed by atoms with Crippen LogP contribution in [-0.2, 0) is 14.8 Å². The third-order valence-corrected chi connectivity index (χ3v) is 6.91. The van der Waals surface area contributed by atoms with Gasteiger partial charge in [-0.15, -0.1) is 0 Å². The topological polar surface area (TPSA) is 87.7 Å². The molecule has 0 aromatic heterocycles. The minimum atomic E-state index is -3.65. The number of benzene rings is 1. The van der Waals surface area contributed by atoms with Gasteiger partial charge in [0.2, 0.25) is 15.9 Å². The number of amides is 1. The lowest BCUT2D eigenvalue weighted by molar-refractivity contribution is -0.118. The molecule has 1 atom stereocenters. The molecule has 144 valence electrons. The van der Waals surface area contributed by atoms with Gasteiger partial charge in [0, 0.05) is 18.8 Å². The molecule has 1 aromatic rings. The van der Waals surface area contributed by atoms with Crippen LogP contribution in [0.25, 0.3) is 0 Å². The molecule has 2 fully saturated rings. The molecule has 0 saturated carbocycles. The highest BCUT2D eigenvalue weighted by Gasteiger charge is 2.29. The van der Waals surface area contributed by atoms with Crippen LogP contribution in [0.3, 0.4) is 0 Å². The van der Waals surface area contributed by atoms with Gasteiger partial charge in [-0.1, -0.05) is 12.8 Å². The molecule has 2 saturated heterocycles. The Kier molecular flexibility index (Phi) is 6.16. The van der Waals surface area contributed by atoms with Crippen LogP contribution < -0.4 is 15.4 Å². The van der Waals surface area contributed by atoms with Gasteiger partial charge in [-0.05, 0) is 50.4 Å². The summed E-state index contributed by atoms with van der Waals surface area (Å²) in [6.07, 6.45) is 5.66. The fraction of sp³-hybridized carbons (Fsp3) is 0.611. The molecule has 0 spiro atoms. The van der Waals surface area contributed by atoms with E-state index < -0.39 is 10.0 Å². The van der Waals surface area contributed by atoms with E-state index >= 15 is 0 Å². The van der Waals surface area contributed by atoms with Crippen molar-refractivity contribution in [1.82, 2.24) is 9.62 Å². The minimum Gasteiger partial charge on any atom is -0.495 e. The molecule has 2 aliphatic heterocycles. The van der Waals surface area contributed by atoms with Crippen molar-refractivity contribution < 1.29 is 17.9 Å². The van der Waals surface area contributed by atoms with Crippen molar-refractivity contribution in [2.45, 2.75) is 49.5 Å². The summed E-state index contributed by atoms with van der Waals surface area (Å²) in [5, 5.41) is 6.03.